The number of ether oxygens (including phenoxy) is 3. The molecule has 0 aliphatic heterocycles. The van der Waals surface area contributed by atoms with Crippen LogP contribution in [0.15, 0.2) is 48.5 Å². The van der Waals surface area contributed by atoms with Crippen LogP contribution >= 0.6 is 12.2 Å². The third-order valence-electron chi connectivity index (χ3n) is 3.96. The van der Waals surface area contributed by atoms with E-state index in [-0.39, 0.29) is 11.0 Å². The Hall–Kier alpha value is -2.64. The summed E-state index contributed by atoms with van der Waals surface area (Å²) in [5, 5.41) is 5.88. The molecule has 0 saturated carbocycles. The minimum Gasteiger partial charge on any atom is -0.494 e. The Morgan fingerprint density at radius 3 is 2.41 bits per heavy atom. The van der Waals surface area contributed by atoms with E-state index in [0.29, 0.717) is 37.1 Å². The molecule has 6 nitrogen and oxygen atoms in total. The molecule has 0 saturated heterocycles. The first kappa shape index (κ1) is 22.6. The highest BCUT2D eigenvalue weighted by Crippen LogP contribution is 2.16. The molecule has 2 N–H and O–H groups in total. The molecule has 0 heterocycles. The molecule has 0 radical (unpaired) electrons. The Morgan fingerprint density at radius 2 is 1.72 bits per heavy atom. The fourth-order valence-electron chi connectivity index (χ4n) is 2.35. The van der Waals surface area contributed by atoms with Gasteiger partial charge in [-0.05, 0) is 67.0 Å². The first-order chi connectivity index (χ1) is 14.0. The third-order valence-corrected chi connectivity index (χ3v) is 4.16. The Morgan fingerprint density at radius 1 is 1.00 bits per heavy atom. The lowest BCUT2D eigenvalue weighted by Crippen LogP contribution is -2.34. The zero-order valence-corrected chi connectivity index (χ0v) is 17.9. The average molecular weight is 417 g/mol. The summed E-state index contributed by atoms with van der Waals surface area (Å²) >= 11 is 5.24. The Balaban J connectivity index is 1.84. The molecular formula is C22H28N2O4S. The van der Waals surface area contributed by atoms with Crippen LogP contribution in [0.25, 0.3) is 0 Å². The van der Waals surface area contributed by atoms with Crippen molar-refractivity contribution in [3.63, 3.8) is 0 Å². The van der Waals surface area contributed by atoms with Gasteiger partial charge in [-0.25, -0.2) is 0 Å². The van der Waals surface area contributed by atoms with Gasteiger partial charge < -0.3 is 19.5 Å². The molecule has 0 bridgehead atoms. The second kappa shape index (κ2) is 12.0. The molecule has 0 fully saturated rings. The summed E-state index contributed by atoms with van der Waals surface area (Å²) < 4.78 is 16.2. The highest BCUT2D eigenvalue weighted by molar-refractivity contribution is 7.80. The van der Waals surface area contributed by atoms with Crippen LogP contribution in [0, 0.1) is 5.92 Å². The van der Waals surface area contributed by atoms with Crippen LogP contribution in [0.1, 0.15) is 30.6 Å². The van der Waals surface area contributed by atoms with Crippen molar-refractivity contribution in [1.29, 1.82) is 0 Å². The first-order valence-corrected chi connectivity index (χ1v) is 9.95. The number of carbonyl (C=O) groups is 1. The number of amides is 1. The van der Waals surface area contributed by atoms with Crippen molar-refractivity contribution in [2.24, 2.45) is 5.92 Å². The van der Waals surface area contributed by atoms with Gasteiger partial charge in [0.25, 0.3) is 5.91 Å². The minimum absolute atomic E-state index is 0.217. The fraction of sp³-hybridized carbons (Fsp3) is 0.364. The number of hydrogen-bond acceptors (Lipinski definition) is 5. The van der Waals surface area contributed by atoms with Crippen LogP contribution in [0.3, 0.4) is 0 Å². The number of thiocarbonyl (C=S) groups is 1. The number of anilines is 1. The van der Waals surface area contributed by atoms with E-state index >= 15 is 0 Å². The summed E-state index contributed by atoms with van der Waals surface area (Å²) in [6.45, 7) is 5.91. The van der Waals surface area contributed by atoms with Crippen molar-refractivity contribution < 1.29 is 19.0 Å². The molecule has 0 atom stereocenters. The van der Waals surface area contributed by atoms with Gasteiger partial charge in [0.1, 0.15) is 18.1 Å². The summed E-state index contributed by atoms with van der Waals surface area (Å²) in [5.74, 6) is 1.67. The van der Waals surface area contributed by atoms with Crippen molar-refractivity contribution >= 4 is 28.9 Å². The van der Waals surface area contributed by atoms with E-state index in [1.165, 1.54) is 0 Å². The maximum atomic E-state index is 12.5. The topological polar surface area (TPSA) is 68.8 Å². The molecule has 0 aliphatic carbocycles. The maximum absolute atomic E-state index is 12.5. The van der Waals surface area contributed by atoms with Gasteiger partial charge in [-0.2, -0.15) is 0 Å². The highest BCUT2D eigenvalue weighted by Gasteiger charge is 2.09. The molecular weight excluding hydrogens is 388 g/mol. The van der Waals surface area contributed by atoms with Crippen LogP contribution in [-0.2, 0) is 4.74 Å². The van der Waals surface area contributed by atoms with Gasteiger partial charge in [0.2, 0.25) is 0 Å². The van der Waals surface area contributed by atoms with Crippen LogP contribution in [0.5, 0.6) is 11.5 Å². The van der Waals surface area contributed by atoms with E-state index in [2.05, 4.69) is 24.5 Å². The van der Waals surface area contributed by atoms with Crippen LogP contribution in [0.4, 0.5) is 5.69 Å². The average Bonchev–Trinajstić information content (AvgIpc) is 2.69. The van der Waals surface area contributed by atoms with Gasteiger partial charge in [0, 0.05) is 18.4 Å². The molecule has 29 heavy (non-hydrogen) atoms. The summed E-state index contributed by atoms with van der Waals surface area (Å²) in [5.41, 5.74) is 1.23. The van der Waals surface area contributed by atoms with Crippen molar-refractivity contribution in [3.05, 3.63) is 54.1 Å². The number of benzene rings is 2. The van der Waals surface area contributed by atoms with Gasteiger partial charge >= 0.3 is 0 Å². The standard InChI is InChI=1S/C22H28N2O4S/c1-16(2)11-12-27-20-6-4-5-17(15-20)21(25)24-22(29)23-18-7-9-19(10-8-18)28-14-13-26-3/h4-10,15-16H,11-14H2,1-3H3,(H2,23,24,25,29). The highest BCUT2D eigenvalue weighted by atomic mass is 32.1. The fourth-order valence-corrected chi connectivity index (χ4v) is 2.57. The monoisotopic (exact) mass is 416 g/mol. The number of methoxy groups -OCH3 is 1. The van der Waals surface area contributed by atoms with Gasteiger partial charge in [-0.15, -0.1) is 0 Å². The largest absolute Gasteiger partial charge is 0.494 e. The zero-order chi connectivity index (χ0) is 21.1. The van der Waals surface area contributed by atoms with Crippen molar-refractivity contribution in [2.45, 2.75) is 20.3 Å². The quantitative estimate of drug-likeness (QED) is 0.445. The predicted molar refractivity (Wildman–Crippen MR) is 119 cm³/mol. The van der Waals surface area contributed by atoms with Gasteiger partial charge in [-0.3, -0.25) is 10.1 Å². The molecule has 2 rings (SSSR count). The van der Waals surface area contributed by atoms with Crippen molar-refractivity contribution in [2.75, 3.05) is 32.2 Å². The van der Waals surface area contributed by atoms with Crippen LogP contribution < -0.4 is 20.1 Å². The lowest BCUT2D eigenvalue weighted by Gasteiger charge is -2.12. The first-order valence-electron chi connectivity index (χ1n) is 9.55. The summed E-state index contributed by atoms with van der Waals surface area (Å²) in [6, 6.07) is 14.3. The molecule has 2 aromatic rings. The van der Waals surface area contributed by atoms with Crippen molar-refractivity contribution in [3.8, 4) is 11.5 Å². The Labute approximate surface area is 177 Å². The SMILES string of the molecule is COCCOc1ccc(NC(=S)NC(=O)c2cccc(OCCC(C)C)c2)cc1. The van der Waals surface area contributed by atoms with Crippen molar-refractivity contribution in [1.82, 2.24) is 5.32 Å². The number of hydrogen-bond donors (Lipinski definition) is 2. The number of carbonyl (C=O) groups excluding carboxylic acids is 1. The molecule has 0 aliphatic rings. The zero-order valence-electron chi connectivity index (χ0n) is 17.1. The predicted octanol–water partition coefficient (Wildman–Crippen LogP) is 4.26. The van der Waals surface area contributed by atoms with Gasteiger partial charge in [0.05, 0.1) is 13.2 Å². The van der Waals surface area contributed by atoms with Crippen LogP contribution in [0.2, 0.25) is 0 Å². The molecule has 2 aromatic carbocycles. The summed E-state index contributed by atoms with van der Waals surface area (Å²) in [6.07, 6.45) is 0.959. The number of rotatable bonds is 10. The Kier molecular flexibility index (Phi) is 9.40. The molecule has 156 valence electrons. The lowest BCUT2D eigenvalue weighted by molar-refractivity contribution is 0.0977. The molecule has 0 aromatic heterocycles. The molecule has 0 unspecified atom stereocenters. The minimum atomic E-state index is -0.295. The van der Waals surface area contributed by atoms with Crippen LogP contribution in [-0.4, -0.2) is 38.0 Å². The van der Waals surface area contributed by atoms with E-state index in [1.54, 1.807) is 25.3 Å². The van der Waals surface area contributed by atoms with Gasteiger partial charge in [-0.1, -0.05) is 19.9 Å². The van der Waals surface area contributed by atoms with E-state index in [0.717, 1.165) is 17.9 Å². The molecule has 1 amide bonds. The normalized spacial score (nSPS) is 10.5. The second-order valence-electron chi connectivity index (χ2n) is 6.83. The van der Waals surface area contributed by atoms with E-state index in [9.17, 15) is 4.79 Å². The molecule has 0 spiro atoms. The summed E-state index contributed by atoms with van der Waals surface area (Å²) in [7, 11) is 1.63. The molecule has 7 heteroatoms. The Bertz CT molecular complexity index is 794. The number of nitrogens with one attached hydrogen (secondary N) is 2. The van der Waals surface area contributed by atoms with E-state index < -0.39 is 0 Å². The lowest BCUT2D eigenvalue weighted by atomic mass is 10.1. The van der Waals surface area contributed by atoms with E-state index in [1.807, 2.05) is 30.3 Å². The third kappa shape index (κ3) is 8.50. The smallest absolute Gasteiger partial charge is 0.257 e. The second-order valence-corrected chi connectivity index (χ2v) is 7.24. The van der Waals surface area contributed by atoms with Gasteiger partial charge in [0.15, 0.2) is 5.11 Å². The summed E-state index contributed by atoms with van der Waals surface area (Å²) in [4.78, 5) is 12.5. The van der Waals surface area contributed by atoms with E-state index in [4.69, 9.17) is 26.4 Å². The maximum Gasteiger partial charge on any atom is 0.257 e.